The Morgan fingerprint density at radius 2 is 1.86 bits per heavy atom. The number of carbonyl (C=O) groups excluding carboxylic acids is 1. The van der Waals surface area contributed by atoms with Gasteiger partial charge in [-0.1, -0.05) is 41.4 Å². The summed E-state index contributed by atoms with van der Waals surface area (Å²) >= 11 is 6.27. The van der Waals surface area contributed by atoms with Gasteiger partial charge in [0.1, 0.15) is 0 Å². The van der Waals surface area contributed by atoms with Gasteiger partial charge in [-0.15, -0.1) is 0 Å². The van der Waals surface area contributed by atoms with Crippen LogP contribution in [0.15, 0.2) is 48.7 Å². The van der Waals surface area contributed by atoms with Crippen molar-refractivity contribution >= 4 is 33.1 Å². The van der Waals surface area contributed by atoms with E-state index in [1.54, 1.807) is 6.07 Å². The summed E-state index contributed by atoms with van der Waals surface area (Å²) in [5.74, 6) is -0.0551. The number of anilines is 1. The largest absolute Gasteiger partial charge is 0.345 e. The van der Waals surface area contributed by atoms with Gasteiger partial charge in [0.05, 0.1) is 34.6 Å². The van der Waals surface area contributed by atoms with Crippen LogP contribution in [-0.2, 0) is 23.5 Å². The molecule has 6 nitrogen and oxygen atoms in total. The normalized spacial score (nSPS) is 11.4. The van der Waals surface area contributed by atoms with Gasteiger partial charge in [-0.2, -0.15) is 0 Å². The summed E-state index contributed by atoms with van der Waals surface area (Å²) in [4.78, 5) is 17.0. The lowest BCUT2D eigenvalue weighted by Gasteiger charge is -2.10. The maximum absolute atomic E-state index is 12.8. The van der Waals surface area contributed by atoms with E-state index in [0.717, 1.165) is 17.5 Å². The van der Waals surface area contributed by atoms with Crippen LogP contribution in [0.2, 0.25) is 5.02 Å². The average Bonchev–Trinajstić information content (AvgIpc) is 2.96. The molecule has 3 aromatic rings. The summed E-state index contributed by atoms with van der Waals surface area (Å²) in [7, 11) is -1.57. The van der Waals surface area contributed by atoms with Crippen molar-refractivity contribution in [2.24, 2.45) is 7.05 Å². The Kier molecular flexibility index (Phi) is 5.58. The van der Waals surface area contributed by atoms with Crippen molar-refractivity contribution in [2.75, 3.05) is 11.0 Å². The molecule has 0 spiro atoms. The van der Waals surface area contributed by atoms with Crippen molar-refractivity contribution in [3.63, 3.8) is 0 Å². The third kappa shape index (κ3) is 4.61. The zero-order valence-electron chi connectivity index (χ0n) is 15.7. The molecule has 0 unspecified atom stereocenters. The number of aryl methyl sites for hydroxylation is 1. The standard InChI is InChI=1S/C20H20ClN3O3S/c1-13-4-6-14(7-5-13)20(25)19-9-8-16(24(19)2)11-18-17(21)10-15(12-22-18)23-28(3,26)27/h4-10,12,23H,11H2,1-3H3. The van der Waals surface area contributed by atoms with E-state index < -0.39 is 10.0 Å². The molecule has 0 atom stereocenters. The van der Waals surface area contributed by atoms with Gasteiger partial charge in [-0.3, -0.25) is 14.5 Å². The zero-order valence-corrected chi connectivity index (χ0v) is 17.3. The summed E-state index contributed by atoms with van der Waals surface area (Å²) in [5.41, 5.74) is 4.07. The smallest absolute Gasteiger partial charge is 0.229 e. The van der Waals surface area contributed by atoms with Crippen LogP contribution >= 0.6 is 11.6 Å². The molecule has 0 aliphatic carbocycles. The fraction of sp³-hybridized carbons (Fsp3) is 0.200. The van der Waals surface area contributed by atoms with E-state index in [1.165, 1.54) is 12.3 Å². The second-order valence-electron chi connectivity index (χ2n) is 6.67. The molecule has 2 aromatic heterocycles. The Bertz CT molecular complexity index is 1140. The van der Waals surface area contributed by atoms with Crippen molar-refractivity contribution in [3.8, 4) is 0 Å². The molecule has 0 saturated carbocycles. The fourth-order valence-corrected chi connectivity index (χ4v) is 3.62. The van der Waals surface area contributed by atoms with Gasteiger partial charge in [0.25, 0.3) is 0 Å². The van der Waals surface area contributed by atoms with E-state index in [9.17, 15) is 13.2 Å². The Labute approximate surface area is 169 Å². The monoisotopic (exact) mass is 417 g/mol. The number of nitrogens with zero attached hydrogens (tertiary/aromatic N) is 2. The first-order valence-electron chi connectivity index (χ1n) is 8.52. The van der Waals surface area contributed by atoms with Gasteiger partial charge < -0.3 is 4.57 Å². The summed E-state index contributed by atoms with van der Waals surface area (Å²) in [6.07, 6.45) is 2.89. The van der Waals surface area contributed by atoms with Crippen LogP contribution in [0, 0.1) is 6.92 Å². The number of sulfonamides is 1. The summed E-state index contributed by atoms with van der Waals surface area (Å²) in [6.45, 7) is 1.97. The van der Waals surface area contributed by atoms with Crippen molar-refractivity contribution in [3.05, 3.63) is 81.9 Å². The molecule has 2 heterocycles. The van der Waals surface area contributed by atoms with Crippen LogP contribution in [0.1, 0.15) is 33.0 Å². The topological polar surface area (TPSA) is 81.1 Å². The first-order chi connectivity index (χ1) is 13.1. The quantitative estimate of drug-likeness (QED) is 0.621. The van der Waals surface area contributed by atoms with Crippen LogP contribution in [0.25, 0.3) is 0 Å². The van der Waals surface area contributed by atoms with Crippen molar-refractivity contribution in [1.29, 1.82) is 0 Å². The lowest BCUT2D eigenvalue weighted by molar-refractivity contribution is 0.103. The molecular formula is C20H20ClN3O3S. The molecule has 3 rings (SSSR count). The number of aromatic nitrogens is 2. The van der Waals surface area contributed by atoms with Gasteiger partial charge in [0.15, 0.2) is 0 Å². The number of hydrogen-bond donors (Lipinski definition) is 1. The van der Waals surface area contributed by atoms with Crippen LogP contribution in [-0.4, -0.2) is 30.0 Å². The molecule has 8 heteroatoms. The molecule has 0 aliphatic rings. The molecule has 0 saturated heterocycles. The zero-order chi connectivity index (χ0) is 20.5. The van der Waals surface area contributed by atoms with Gasteiger partial charge in [-0.25, -0.2) is 8.42 Å². The molecule has 0 amide bonds. The number of carbonyl (C=O) groups is 1. The number of nitrogens with one attached hydrogen (secondary N) is 1. The molecule has 0 aliphatic heterocycles. The van der Waals surface area contributed by atoms with Crippen molar-refractivity contribution in [2.45, 2.75) is 13.3 Å². The Balaban J connectivity index is 1.83. The van der Waals surface area contributed by atoms with Crippen LogP contribution in [0.3, 0.4) is 0 Å². The van der Waals surface area contributed by atoms with Crippen LogP contribution in [0.5, 0.6) is 0 Å². The number of halogens is 1. The van der Waals surface area contributed by atoms with E-state index in [2.05, 4.69) is 9.71 Å². The van der Waals surface area contributed by atoms with E-state index in [0.29, 0.717) is 34.1 Å². The highest BCUT2D eigenvalue weighted by Crippen LogP contribution is 2.23. The van der Waals surface area contributed by atoms with Crippen molar-refractivity contribution in [1.82, 2.24) is 9.55 Å². The molecule has 28 heavy (non-hydrogen) atoms. The molecule has 0 fully saturated rings. The second-order valence-corrected chi connectivity index (χ2v) is 8.82. The number of rotatable bonds is 6. The Hall–Kier alpha value is -2.64. The second kappa shape index (κ2) is 7.77. The average molecular weight is 418 g/mol. The van der Waals surface area contributed by atoms with Crippen LogP contribution in [0.4, 0.5) is 5.69 Å². The lowest BCUT2D eigenvalue weighted by Crippen LogP contribution is -2.11. The SMILES string of the molecule is Cc1ccc(C(=O)c2ccc(Cc3ncc(NS(C)(=O)=O)cc3Cl)n2C)cc1. The van der Waals surface area contributed by atoms with Gasteiger partial charge in [-0.05, 0) is 25.1 Å². The van der Waals surface area contributed by atoms with Gasteiger partial charge in [0, 0.05) is 24.7 Å². The van der Waals surface area contributed by atoms with E-state index in [-0.39, 0.29) is 5.78 Å². The molecular weight excluding hydrogens is 398 g/mol. The summed E-state index contributed by atoms with van der Waals surface area (Å²) in [5, 5.41) is 0.348. The fourth-order valence-electron chi connectivity index (χ4n) is 2.85. The predicted octanol–water partition coefficient (Wildman–Crippen LogP) is 3.58. The first kappa shape index (κ1) is 20.1. The van der Waals surface area contributed by atoms with Gasteiger partial charge >= 0.3 is 0 Å². The minimum Gasteiger partial charge on any atom is -0.345 e. The summed E-state index contributed by atoms with van der Waals surface area (Å²) in [6, 6.07) is 12.6. The molecule has 146 valence electrons. The minimum absolute atomic E-state index is 0.0551. The summed E-state index contributed by atoms with van der Waals surface area (Å²) < 4.78 is 26.8. The van der Waals surface area contributed by atoms with Crippen LogP contribution < -0.4 is 4.72 Å². The number of ketones is 1. The highest BCUT2D eigenvalue weighted by atomic mass is 35.5. The minimum atomic E-state index is -3.40. The highest BCUT2D eigenvalue weighted by molar-refractivity contribution is 7.92. The lowest BCUT2D eigenvalue weighted by atomic mass is 10.1. The van der Waals surface area contributed by atoms with E-state index in [4.69, 9.17) is 11.6 Å². The highest BCUT2D eigenvalue weighted by Gasteiger charge is 2.16. The number of benzene rings is 1. The van der Waals surface area contributed by atoms with E-state index in [1.807, 2.05) is 48.9 Å². The molecule has 1 N–H and O–H groups in total. The molecule has 0 radical (unpaired) electrons. The number of hydrogen-bond acceptors (Lipinski definition) is 4. The molecule has 0 bridgehead atoms. The Morgan fingerprint density at radius 3 is 2.46 bits per heavy atom. The maximum atomic E-state index is 12.8. The van der Waals surface area contributed by atoms with Crippen molar-refractivity contribution < 1.29 is 13.2 Å². The first-order valence-corrected chi connectivity index (χ1v) is 10.8. The number of pyridine rings is 1. The predicted molar refractivity (Wildman–Crippen MR) is 111 cm³/mol. The third-order valence-electron chi connectivity index (χ3n) is 4.34. The molecule has 1 aromatic carbocycles. The Morgan fingerprint density at radius 1 is 1.18 bits per heavy atom. The third-order valence-corrected chi connectivity index (χ3v) is 5.28. The maximum Gasteiger partial charge on any atom is 0.229 e. The van der Waals surface area contributed by atoms with E-state index >= 15 is 0 Å². The van der Waals surface area contributed by atoms with Gasteiger partial charge in [0.2, 0.25) is 15.8 Å².